The van der Waals surface area contributed by atoms with E-state index >= 15 is 0 Å². The molecule has 70 valence electrons. The molecule has 5 heteroatoms. The van der Waals surface area contributed by atoms with E-state index < -0.39 is 11.5 Å². The first kappa shape index (κ1) is 9.31. The van der Waals surface area contributed by atoms with Crippen molar-refractivity contribution in [3.63, 3.8) is 0 Å². The number of aromatic nitrogens is 1. The third-order valence-corrected chi connectivity index (χ3v) is 1.44. The van der Waals surface area contributed by atoms with Crippen LogP contribution in [0.5, 0.6) is 5.75 Å². The van der Waals surface area contributed by atoms with Gasteiger partial charge in [0.2, 0.25) is 0 Å². The standard InChI is InChI=1S/C8H9NO4/c1-2-13-5-3-4-9-7(10)6(5)8(11)12/h3-4H,2H2,1H3,(H,9,10)(H,11,12). The summed E-state index contributed by atoms with van der Waals surface area (Å²) in [6, 6.07) is 1.41. The Balaban J connectivity index is 3.26. The summed E-state index contributed by atoms with van der Waals surface area (Å²) in [5.74, 6) is -1.19. The molecule has 0 aliphatic rings. The number of hydrogen-bond acceptors (Lipinski definition) is 3. The van der Waals surface area contributed by atoms with Crippen LogP contribution in [0.15, 0.2) is 17.1 Å². The quantitative estimate of drug-likeness (QED) is 0.713. The van der Waals surface area contributed by atoms with E-state index in [0.29, 0.717) is 6.61 Å². The van der Waals surface area contributed by atoms with Crippen molar-refractivity contribution < 1.29 is 14.6 Å². The molecule has 1 aromatic heterocycles. The van der Waals surface area contributed by atoms with Gasteiger partial charge < -0.3 is 14.8 Å². The molecule has 0 atom stereocenters. The maximum absolute atomic E-state index is 11.0. The van der Waals surface area contributed by atoms with E-state index in [1.807, 2.05) is 0 Å². The highest BCUT2D eigenvalue weighted by molar-refractivity contribution is 5.90. The Bertz CT molecular complexity index is 369. The third-order valence-electron chi connectivity index (χ3n) is 1.44. The smallest absolute Gasteiger partial charge is 0.345 e. The van der Waals surface area contributed by atoms with Gasteiger partial charge in [0.25, 0.3) is 5.56 Å². The van der Waals surface area contributed by atoms with E-state index in [4.69, 9.17) is 9.84 Å². The average molecular weight is 183 g/mol. The predicted molar refractivity (Wildman–Crippen MR) is 45.2 cm³/mol. The summed E-state index contributed by atoms with van der Waals surface area (Å²) in [4.78, 5) is 23.9. The maximum Gasteiger partial charge on any atom is 0.345 e. The largest absolute Gasteiger partial charge is 0.493 e. The zero-order valence-electron chi connectivity index (χ0n) is 7.03. The van der Waals surface area contributed by atoms with Crippen molar-refractivity contribution in [1.82, 2.24) is 4.98 Å². The van der Waals surface area contributed by atoms with Crippen molar-refractivity contribution in [2.45, 2.75) is 6.92 Å². The summed E-state index contributed by atoms with van der Waals surface area (Å²) in [6.07, 6.45) is 1.35. The minimum Gasteiger partial charge on any atom is -0.493 e. The number of aromatic carboxylic acids is 1. The Morgan fingerprint density at radius 2 is 2.38 bits per heavy atom. The van der Waals surface area contributed by atoms with Crippen molar-refractivity contribution in [2.24, 2.45) is 0 Å². The first-order valence-corrected chi connectivity index (χ1v) is 3.74. The van der Waals surface area contributed by atoms with Gasteiger partial charge in [0, 0.05) is 6.20 Å². The second-order valence-electron chi connectivity index (χ2n) is 2.28. The monoisotopic (exact) mass is 183 g/mol. The normalized spacial score (nSPS) is 9.62. The summed E-state index contributed by atoms with van der Waals surface area (Å²) >= 11 is 0. The van der Waals surface area contributed by atoms with Crippen molar-refractivity contribution in [1.29, 1.82) is 0 Å². The van der Waals surface area contributed by atoms with Crippen LogP contribution in [0.4, 0.5) is 0 Å². The van der Waals surface area contributed by atoms with Crippen LogP contribution in [0.1, 0.15) is 17.3 Å². The number of aromatic amines is 1. The van der Waals surface area contributed by atoms with E-state index in [9.17, 15) is 9.59 Å². The number of carbonyl (C=O) groups is 1. The lowest BCUT2D eigenvalue weighted by molar-refractivity contribution is 0.0690. The van der Waals surface area contributed by atoms with Crippen molar-refractivity contribution in [3.05, 3.63) is 28.2 Å². The zero-order valence-corrected chi connectivity index (χ0v) is 7.03. The Morgan fingerprint density at radius 1 is 1.69 bits per heavy atom. The predicted octanol–water partition coefficient (Wildman–Crippen LogP) is 0.472. The first-order chi connectivity index (χ1) is 6.16. The second-order valence-corrected chi connectivity index (χ2v) is 2.28. The average Bonchev–Trinajstić information content (AvgIpc) is 2.04. The number of pyridine rings is 1. The van der Waals surface area contributed by atoms with Gasteiger partial charge in [-0.3, -0.25) is 4.79 Å². The highest BCUT2D eigenvalue weighted by Gasteiger charge is 2.14. The summed E-state index contributed by atoms with van der Waals surface area (Å²) in [6.45, 7) is 2.04. The number of carboxylic acids is 1. The molecule has 0 aromatic carbocycles. The molecule has 0 spiro atoms. The molecule has 1 rings (SSSR count). The van der Waals surface area contributed by atoms with E-state index in [0.717, 1.165) is 0 Å². The Kier molecular flexibility index (Phi) is 2.69. The van der Waals surface area contributed by atoms with Crippen molar-refractivity contribution in [2.75, 3.05) is 6.61 Å². The Labute approximate surface area is 74.0 Å². The molecular formula is C8H9NO4. The van der Waals surface area contributed by atoms with Crippen LogP contribution in [0.3, 0.4) is 0 Å². The summed E-state index contributed by atoms with van der Waals surface area (Å²) in [5, 5.41) is 8.67. The summed E-state index contributed by atoms with van der Waals surface area (Å²) in [7, 11) is 0. The maximum atomic E-state index is 11.0. The fraction of sp³-hybridized carbons (Fsp3) is 0.250. The molecule has 5 nitrogen and oxygen atoms in total. The fourth-order valence-corrected chi connectivity index (χ4v) is 0.939. The molecular weight excluding hydrogens is 174 g/mol. The molecule has 0 unspecified atom stereocenters. The lowest BCUT2D eigenvalue weighted by atomic mass is 10.2. The van der Waals surface area contributed by atoms with Crippen molar-refractivity contribution in [3.8, 4) is 5.75 Å². The van der Waals surface area contributed by atoms with Crippen LogP contribution in [0.2, 0.25) is 0 Å². The fourth-order valence-electron chi connectivity index (χ4n) is 0.939. The number of rotatable bonds is 3. The molecule has 0 aliphatic heterocycles. The molecule has 0 amide bonds. The van der Waals surface area contributed by atoms with E-state index in [1.54, 1.807) is 6.92 Å². The van der Waals surface area contributed by atoms with Crippen LogP contribution in [0, 0.1) is 0 Å². The molecule has 0 saturated carbocycles. The van der Waals surface area contributed by atoms with Crippen LogP contribution in [0.25, 0.3) is 0 Å². The topological polar surface area (TPSA) is 79.4 Å². The molecule has 0 bridgehead atoms. The van der Waals surface area contributed by atoms with Crippen LogP contribution in [-0.2, 0) is 0 Å². The molecule has 13 heavy (non-hydrogen) atoms. The van der Waals surface area contributed by atoms with Crippen LogP contribution < -0.4 is 10.3 Å². The highest BCUT2D eigenvalue weighted by atomic mass is 16.5. The molecule has 0 saturated heterocycles. The molecule has 2 N–H and O–H groups in total. The van der Waals surface area contributed by atoms with Gasteiger partial charge in [0.15, 0.2) is 5.56 Å². The summed E-state index contributed by atoms with van der Waals surface area (Å²) in [5.41, 5.74) is -1.01. The number of hydrogen-bond donors (Lipinski definition) is 2. The van der Waals surface area contributed by atoms with Gasteiger partial charge in [0.1, 0.15) is 5.75 Å². The number of H-pyrrole nitrogens is 1. The number of carboxylic acid groups (broad SMARTS) is 1. The van der Waals surface area contributed by atoms with Gasteiger partial charge in [-0.25, -0.2) is 4.79 Å². The van der Waals surface area contributed by atoms with Crippen molar-refractivity contribution >= 4 is 5.97 Å². The molecule has 1 aromatic rings. The number of nitrogens with one attached hydrogen (secondary N) is 1. The van der Waals surface area contributed by atoms with E-state index in [2.05, 4.69) is 4.98 Å². The minimum atomic E-state index is -1.29. The lowest BCUT2D eigenvalue weighted by Crippen LogP contribution is -2.18. The summed E-state index contributed by atoms with van der Waals surface area (Å²) < 4.78 is 4.98. The van der Waals surface area contributed by atoms with Gasteiger partial charge in [-0.15, -0.1) is 0 Å². The lowest BCUT2D eigenvalue weighted by Gasteiger charge is -2.04. The third kappa shape index (κ3) is 1.87. The molecule has 0 radical (unpaired) electrons. The van der Waals surface area contributed by atoms with Gasteiger partial charge in [-0.1, -0.05) is 0 Å². The van der Waals surface area contributed by atoms with Gasteiger partial charge >= 0.3 is 5.97 Å². The molecule has 0 aliphatic carbocycles. The minimum absolute atomic E-state index is 0.0961. The van der Waals surface area contributed by atoms with Gasteiger partial charge in [0.05, 0.1) is 6.61 Å². The molecule has 1 heterocycles. The molecule has 0 fully saturated rings. The zero-order chi connectivity index (χ0) is 9.84. The first-order valence-electron chi connectivity index (χ1n) is 3.74. The van der Waals surface area contributed by atoms with Crippen LogP contribution >= 0.6 is 0 Å². The number of ether oxygens (including phenoxy) is 1. The Morgan fingerprint density at radius 3 is 2.92 bits per heavy atom. The second kappa shape index (κ2) is 3.75. The van der Waals surface area contributed by atoms with E-state index in [1.165, 1.54) is 12.3 Å². The Hall–Kier alpha value is -1.78. The van der Waals surface area contributed by atoms with Gasteiger partial charge in [-0.05, 0) is 13.0 Å². The van der Waals surface area contributed by atoms with Crippen LogP contribution in [-0.4, -0.2) is 22.7 Å². The SMILES string of the molecule is CCOc1cc[nH]c(=O)c1C(=O)O. The van der Waals surface area contributed by atoms with Gasteiger partial charge in [-0.2, -0.15) is 0 Å². The highest BCUT2D eigenvalue weighted by Crippen LogP contribution is 2.12. The van der Waals surface area contributed by atoms with E-state index in [-0.39, 0.29) is 11.3 Å².